The Hall–Kier alpha value is -3.15. The number of nitrogen functional groups attached to an aromatic ring is 1. The van der Waals surface area contributed by atoms with Crippen LogP contribution in [0.1, 0.15) is 36.8 Å². The first-order valence-electron chi connectivity index (χ1n) is 7.88. The van der Waals surface area contributed by atoms with Crippen LogP contribution in [0.4, 0.5) is 10.5 Å². The molecule has 0 atom stereocenters. The zero-order chi connectivity index (χ0) is 18.2. The predicted molar refractivity (Wildman–Crippen MR) is 95.7 cm³/mol. The maximum absolute atomic E-state index is 12.9. The number of nitrogens with zero attached hydrogens (tertiary/aromatic N) is 2. The highest BCUT2D eigenvalue weighted by molar-refractivity contribution is 6.17. The summed E-state index contributed by atoms with van der Waals surface area (Å²) >= 11 is 0. The Kier molecular flexibility index (Phi) is 4.04. The van der Waals surface area contributed by atoms with Crippen LogP contribution in [0.2, 0.25) is 0 Å². The smallest absolute Gasteiger partial charge is 0.435 e. The zero-order valence-electron chi connectivity index (χ0n) is 14.3. The second-order valence-electron chi connectivity index (χ2n) is 6.67. The number of aromatic nitrogens is 2. The second-order valence-corrected chi connectivity index (χ2v) is 6.67. The van der Waals surface area contributed by atoms with E-state index in [-0.39, 0.29) is 11.5 Å². The largest absolute Gasteiger partial charge is 0.442 e. The molecule has 1 heterocycles. The zero-order valence-corrected chi connectivity index (χ0v) is 14.3. The van der Waals surface area contributed by atoms with E-state index >= 15 is 0 Å². The average molecular weight is 337 g/mol. The minimum atomic E-state index is -0.668. The number of carbonyl (C=O) groups is 2. The first kappa shape index (κ1) is 16.7. The Morgan fingerprint density at radius 1 is 1.04 bits per heavy atom. The van der Waals surface area contributed by atoms with E-state index in [1.165, 1.54) is 0 Å². The molecule has 0 bridgehead atoms. The van der Waals surface area contributed by atoms with Crippen molar-refractivity contribution in [3.8, 4) is 0 Å². The van der Waals surface area contributed by atoms with Crippen LogP contribution in [0, 0.1) is 0 Å². The minimum Gasteiger partial charge on any atom is -0.442 e. The number of para-hydroxylation sites is 2. The summed E-state index contributed by atoms with van der Waals surface area (Å²) in [4.78, 5) is 25.4. The number of carbonyl (C=O) groups excluding carboxylic acids is 2. The van der Waals surface area contributed by atoms with E-state index in [4.69, 9.17) is 10.5 Å². The lowest BCUT2D eigenvalue weighted by molar-refractivity contribution is 0.0522. The van der Waals surface area contributed by atoms with Crippen molar-refractivity contribution >= 4 is 28.5 Å². The van der Waals surface area contributed by atoms with Crippen molar-refractivity contribution in [1.82, 2.24) is 9.78 Å². The van der Waals surface area contributed by atoms with Crippen molar-refractivity contribution < 1.29 is 14.3 Å². The quantitative estimate of drug-likeness (QED) is 0.570. The Morgan fingerprint density at radius 3 is 2.36 bits per heavy atom. The SMILES string of the molecule is CC(C)(C)OC(=O)n1nc(C(=O)c2ccccc2N)c2ccccc21. The van der Waals surface area contributed by atoms with Gasteiger partial charge in [0, 0.05) is 16.6 Å². The van der Waals surface area contributed by atoms with Crippen LogP contribution in [0.25, 0.3) is 10.9 Å². The summed E-state index contributed by atoms with van der Waals surface area (Å²) in [6.45, 7) is 5.31. The van der Waals surface area contributed by atoms with Gasteiger partial charge in [0.05, 0.1) is 5.52 Å². The van der Waals surface area contributed by atoms with Gasteiger partial charge in [-0.15, -0.1) is 0 Å². The summed E-state index contributed by atoms with van der Waals surface area (Å²) in [6, 6.07) is 13.8. The number of hydrogen-bond acceptors (Lipinski definition) is 5. The maximum atomic E-state index is 12.9. The molecular formula is C19H19N3O3. The topological polar surface area (TPSA) is 87.2 Å². The molecule has 0 aliphatic carbocycles. The molecule has 0 amide bonds. The van der Waals surface area contributed by atoms with Crippen molar-refractivity contribution in [2.45, 2.75) is 26.4 Å². The fourth-order valence-corrected chi connectivity index (χ4v) is 2.51. The molecule has 6 nitrogen and oxygen atoms in total. The third-order valence-electron chi connectivity index (χ3n) is 3.57. The van der Waals surface area contributed by atoms with E-state index in [1.807, 2.05) is 0 Å². The van der Waals surface area contributed by atoms with Crippen LogP contribution < -0.4 is 5.73 Å². The van der Waals surface area contributed by atoms with Crippen LogP contribution >= 0.6 is 0 Å². The monoisotopic (exact) mass is 337 g/mol. The molecule has 25 heavy (non-hydrogen) atoms. The first-order chi connectivity index (χ1) is 11.8. The lowest BCUT2D eigenvalue weighted by Gasteiger charge is -2.19. The fraction of sp³-hybridized carbons (Fsp3) is 0.211. The van der Waals surface area contributed by atoms with Crippen LogP contribution in [0.3, 0.4) is 0 Å². The normalized spacial score (nSPS) is 11.5. The summed E-state index contributed by atoms with van der Waals surface area (Å²) in [5.74, 6) is -0.336. The van der Waals surface area contributed by atoms with Crippen molar-refractivity contribution in [2.75, 3.05) is 5.73 Å². The van der Waals surface area contributed by atoms with Crippen LogP contribution in [-0.2, 0) is 4.74 Å². The van der Waals surface area contributed by atoms with Crippen LogP contribution in [0.5, 0.6) is 0 Å². The predicted octanol–water partition coefficient (Wildman–Crippen LogP) is 3.63. The summed E-state index contributed by atoms with van der Waals surface area (Å²) in [5.41, 5.74) is 6.63. The molecule has 2 N–H and O–H groups in total. The van der Waals surface area contributed by atoms with E-state index in [0.717, 1.165) is 4.68 Å². The summed E-state index contributed by atoms with van der Waals surface area (Å²) < 4.78 is 6.50. The van der Waals surface area contributed by atoms with Gasteiger partial charge in [0.25, 0.3) is 0 Å². The van der Waals surface area contributed by atoms with Gasteiger partial charge in [-0.1, -0.05) is 30.3 Å². The third-order valence-corrected chi connectivity index (χ3v) is 3.57. The number of fused-ring (bicyclic) bond motifs is 1. The Morgan fingerprint density at radius 2 is 1.68 bits per heavy atom. The molecule has 2 aromatic carbocycles. The van der Waals surface area contributed by atoms with Gasteiger partial charge in [0.2, 0.25) is 5.78 Å². The molecule has 0 radical (unpaired) electrons. The molecule has 3 aromatic rings. The molecule has 1 aromatic heterocycles. The third kappa shape index (κ3) is 3.24. The van der Waals surface area contributed by atoms with Gasteiger partial charge in [-0.05, 0) is 39.0 Å². The van der Waals surface area contributed by atoms with E-state index in [9.17, 15) is 9.59 Å². The highest BCUT2D eigenvalue weighted by atomic mass is 16.6. The van der Waals surface area contributed by atoms with Crippen molar-refractivity contribution in [3.63, 3.8) is 0 Å². The number of rotatable bonds is 2. The van der Waals surface area contributed by atoms with Gasteiger partial charge in [-0.2, -0.15) is 9.78 Å². The van der Waals surface area contributed by atoms with Gasteiger partial charge < -0.3 is 10.5 Å². The number of anilines is 1. The average Bonchev–Trinajstić information content (AvgIpc) is 2.93. The number of hydrogen-bond donors (Lipinski definition) is 1. The summed E-state index contributed by atoms with van der Waals surface area (Å²) in [7, 11) is 0. The Labute approximate surface area is 145 Å². The molecule has 0 spiro atoms. The molecular weight excluding hydrogens is 318 g/mol. The first-order valence-corrected chi connectivity index (χ1v) is 7.88. The van der Waals surface area contributed by atoms with Crippen molar-refractivity contribution in [2.24, 2.45) is 0 Å². The van der Waals surface area contributed by atoms with E-state index in [1.54, 1.807) is 69.3 Å². The molecule has 128 valence electrons. The maximum Gasteiger partial charge on any atom is 0.435 e. The van der Waals surface area contributed by atoms with Gasteiger partial charge in [-0.25, -0.2) is 4.79 Å². The molecule has 0 aliphatic rings. The molecule has 0 saturated carbocycles. The number of nitrogens with two attached hydrogens (primary N) is 1. The minimum absolute atomic E-state index is 0.166. The van der Waals surface area contributed by atoms with Crippen molar-refractivity contribution in [3.05, 3.63) is 59.8 Å². The Bertz CT molecular complexity index is 967. The summed E-state index contributed by atoms with van der Waals surface area (Å²) in [5, 5.41) is 4.80. The fourth-order valence-electron chi connectivity index (χ4n) is 2.51. The molecule has 0 aliphatic heterocycles. The summed E-state index contributed by atoms with van der Waals surface area (Å²) in [6.07, 6.45) is -0.635. The molecule has 0 saturated heterocycles. The molecule has 3 rings (SSSR count). The number of ketones is 1. The van der Waals surface area contributed by atoms with Crippen LogP contribution in [-0.4, -0.2) is 27.3 Å². The molecule has 6 heteroatoms. The van der Waals surface area contributed by atoms with Gasteiger partial charge in [0.1, 0.15) is 11.3 Å². The lowest BCUT2D eigenvalue weighted by atomic mass is 10.0. The van der Waals surface area contributed by atoms with Gasteiger partial charge >= 0.3 is 6.09 Å². The number of ether oxygens (including phenoxy) is 1. The van der Waals surface area contributed by atoms with Gasteiger partial charge in [-0.3, -0.25) is 4.79 Å². The lowest BCUT2D eigenvalue weighted by Crippen LogP contribution is -2.27. The number of benzene rings is 2. The van der Waals surface area contributed by atoms with E-state index in [0.29, 0.717) is 22.2 Å². The van der Waals surface area contributed by atoms with Crippen molar-refractivity contribution in [1.29, 1.82) is 0 Å². The standard InChI is InChI=1S/C19H19N3O3/c1-19(2,3)25-18(24)22-15-11-7-5-9-13(15)16(21-22)17(23)12-8-4-6-10-14(12)20/h4-11H,20H2,1-3H3. The van der Waals surface area contributed by atoms with Crippen LogP contribution in [0.15, 0.2) is 48.5 Å². The van der Waals surface area contributed by atoms with Gasteiger partial charge in [0.15, 0.2) is 0 Å². The second kappa shape index (κ2) is 6.05. The molecule has 0 fully saturated rings. The van der Waals surface area contributed by atoms with E-state index in [2.05, 4.69) is 5.10 Å². The Balaban J connectivity index is 2.13. The molecule has 0 unspecified atom stereocenters. The van der Waals surface area contributed by atoms with E-state index < -0.39 is 11.7 Å². The highest BCUT2D eigenvalue weighted by Gasteiger charge is 2.25. The highest BCUT2D eigenvalue weighted by Crippen LogP contribution is 2.24.